The molecule has 0 spiro atoms. The first-order chi connectivity index (χ1) is 6.07. The molecular formula is C9H9Cl2O2. The van der Waals surface area contributed by atoms with Gasteiger partial charge in [0.15, 0.2) is 0 Å². The molecule has 0 fully saturated rings. The van der Waals surface area contributed by atoms with Crippen LogP contribution in [0.25, 0.3) is 0 Å². The van der Waals surface area contributed by atoms with Gasteiger partial charge in [-0.25, -0.2) is 0 Å². The highest BCUT2D eigenvalue weighted by Gasteiger charge is 2.15. The van der Waals surface area contributed by atoms with Crippen LogP contribution < -0.4 is 0 Å². The van der Waals surface area contributed by atoms with Gasteiger partial charge in [0.1, 0.15) is 5.75 Å². The molecule has 1 rings (SSSR count). The topological polar surface area (TPSA) is 40.1 Å². The molecule has 0 unspecified atom stereocenters. The lowest BCUT2D eigenvalue weighted by Gasteiger charge is -2.06. The number of hydrogen-bond acceptors (Lipinski definition) is 1. The SMILES string of the molecule is CCCc1c([O])c(Cl)cc(Cl)c1O. The maximum atomic E-state index is 11.4. The van der Waals surface area contributed by atoms with E-state index in [9.17, 15) is 10.2 Å². The predicted octanol–water partition coefficient (Wildman–Crippen LogP) is 3.80. The standard InChI is InChI=1S/C9H9Cl2O2/c1-2-3-5-8(12)6(10)4-7(11)9(5)13/h4,12H,2-3H2,1H3. The fraction of sp³-hybridized carbons (Fsp3) is 0.333. The number of phenolic OH excluding ortho intramolecular Hbond substituents is 1. The van der Waals surface area contributed by atoms with Crippen molar-refractivity contribution in [2.45, 2.75) is 19.8 Å². The Kier molecular flexibility index (Phi) is 3.28. The molecular weight excluding hydrogens is 211 g/mol. The zero-order chi connectivity index (χ0) is 10.0. The van der Waals surface area contributed by atoms with E-state index in [-0.39, 0.29) is 21.5 Å². The zero-order valence-electron chi connectivity index (χ0n) is 7.10. The van der Waals surface area contributed by atoms with Gasteiger partial charge in [0.05, 0.1) is 10.0 Å². The Morgan fingerprint density at radius 3 is 2.54 bits per heavy atom. The highest BCUT2D eigenvalue weighted by atomic mass is 35.5. The molecule has 1 aromatic rings. The molecule has 0 atom stereocenters. The number of halogens is 2. The van der Waals surface area contributed by atoms with E-state index in [1.807, 2.05) is 6.92 Å². The Bertz CT molecular complexity index is 298. The van der Waals surface area contributed by atoms with Gasteiger partial charge in [-0.1, -0.05) is 36.5 Å². The Balaban J connectivity index is 3.28. The lowest BCUT2D eigenvalue weighted by atomic mass is 10.1. The van der Waals surface area contributed by atoms with Crippen molar-refractivity contribution in [3.05, 3.63) is 21.7 Å². The molecule has 0 bridgehead atoms. The van der Waals surface area contributed by atoms with E-state index in [0.717, 1.165) is 6.42 Å². The maximum absolute atomic E-state index is 11.4. The molecule has 0 saturated carbocycles. The van der Waals surface area contributed by atoms with Crippen molar-refractivity contribution in [3.63, 3.8) is 0 Å². The average molecular weight is 220 g/mol. The second-order valence-electron chi connectivity index (χ2n) is 2.75. The van der Waals surface area contributed by atoms with Crippen molar-refractivity contribution in [2.75, 3.05) is 0 Å². The first-order valence-electron chi connectivity index (χ1n) is 3.94. The summed E-state index contributed by atoms with van der Waals surface area (Å²) in [6.45, 7) is 1.91. The summed E-state index contributed by atoms with van der Waals surface area (Å²) in [6.07, 6.45) is 1.25. The van der Waals surface area contributed by atoms with Crippen LogP contribution in [0.2, 0.25) is 10.0 Å². The van der Waals surface area contributed by atoms with Gasteiger partial charge in [0.25, 0.3) is 0 Å². The number of rotatable bonds is 2. The van der Waals surface area contributed by atoms with E-state index in [2.05, 4.69) is 0 Å². The largest absolute Gasteiger partial charge is 0.506 e. The fourth-order valence-electron chi connectivity index (χ4n) is 1.12. The van der Waals surface area contributed by atoms with Gasteiger partial charge in [-0.3, -0.25) is 5.11 Å². The third-order valence-corrected chi connectivity index (χ3v) is 2.33. The lowest BCUT2D eigenvalue weighted by Crippen LogP contribution is -1.86. The minimum atomic E-state index is -0.328. The maximum Gasteiger partial charge on any atom is 0.204 e. The Morgan fingerprint density at radius 1 is 1.38 bits per heavy atom. The van der Waals surface area contributed by atoms with E-state index in [1.54, 1.807) is 0 Å². The van der Waals surface area contributed by atoms with E-state index in [1.165, 1.54) is 6.07 Å². The molecule has 0 aliphatic carbocycles. The summed E-state index contributed by atoms with van der Waals surface area (Å²) in [5.74, 6) is -0.469. The molecule has 0 aromatic heterocycles. The second-order valence-corrected chi connectivity index (χ2v) is 3.56. The third kappa shape index (κ3) is 2.01. The van der Waals surface area contributed by atoms with Gasteiger partial charge in [0, 0.05) is 5.56 Å². The van der Waals surface area contributed by atoms with Crippen LogP contribution in [-0.2, 0) is 11.5 Å². The number of hydrogen-bond donors (Lipinski definition) is 1. The van der Waals surface area contributed by atoms with Crippen LogP contribution in [0.15, 0.2) is 6.07 Å². The highest BCUT2D eigenvalue weighted by Crippen LogP contribution is 2.40. The number of aromatic hydroxyl groups is 1. The Labute approximate surface area is 86.7 Å². The van der Waals surface area contributed by atoms with Gasteiger partial charge in [-0.15, -0.1) is 0 Å². The average Bonchev–Trinajstić information content (AvgIpc) is 2.09. The van der Waals surface area contributed by atoms with Crippen LogP contribution in [0.5, 0.6) is 11.5 Å². The van der Waals surface area contributed by atoms with Crippen molar-refractivity contribution < 1.29 is 10.2 Å². The van der Waals surface area contributed by atoms with Crippen LogP contribution in [-0.4, -0.2) is 5.11 Å². The van der Waals surface area contributed by atoms with Crippen molar-refractivity contribution in [3.8, 4) is 11.5 Å². The number of benzene rings is 1. The monoisotopic (exact) mass is 219 g/mol. The summed E-state index contributed by atoms with van der Waals surface area (Å²) >= 11 is 11.3. The van der Waals surface area contributed by atoms with Crippen molar-refractivity contribution in [1.82, 2.24) is 0 Å². The highest BCUT2D eigenvalue weighted by molar-refractivity contribution is 6.36. The zero-order valence-corrected chi connectivity index (χ0v) is 8.61. The summed E-state index contributed by atoms with van der Waals surface area (Å²) in [5, 5.41) is 21.0. The Hall–Kier alpha value is -0.600. The van der Waals surface area contributed by atoms with Crippen molar-refractivity contribution >= 4 is 23.2 Å². The molecule has 71 valence electrons. The summed E-state index contributed by atoms with van der Waals surface area (Å²) in [5.41, 5.74) is 0.306. The molecule has 0 aliphatic rings. The Morgan fingerprint density at radius 2 is 2.00 bits per heavy atom. The summed E-state index contributed by atoms with van der Waals surface area (Å²) in [4.78, 5) is 0. The molecule has 13 heavy (non-hydrogen) atoms. The minimum absolute atomic E-state index is 0.0613. The molecule has 0 heterocycles. The first-order valence-corrected chi connectivity index (χ1v) is 4.70. The van der Waals surface area contributed by atoms with E-state index >= 15 is 0 Å². The minimum Gasteiger partial charge on any atom is -0.506 e. The number of phenols is 1. The van der Waals surface area contributed by atoms with Gasteiger partial charge in [-0.05, 0) is 12.5 Å². The van der Waals surface area contributed by atoms with Gasteiger partial charge < -0.3 is 5.11 Å². The van der Waals surface area contributed by atoms with Crippen LogP contribution in [0, 0.1) is 0 Å². The van der Waals surface area contributed by atoms with Crippen molar-refractivity contribution in [1.29, 1.82) is 0 Å². The molecule has 0 saturated heterocycles. The summed E-state index contributed by atoms with van der Waals surface area (Å²) in [7, 11) is 0. The molecule has 0 amide bonds. The third-order valence-electron chi connectivity index (χ3n) is 1.76. The van der Waals surface area contributed by atoms with E-state index in [0.29, 0.717) is 12.0 Å². The van der Waals surface area contributed by atoms with Gasteiger partial charge in [0.2, 0.25) is 5.75 Å². The van der Waals surface area contributed by atoms with Crippen LogP contribution in [0.1, 0.15) is 18.9 Å². The predicted molar refractivity (Wildman–Crippen MR) is 52.3 cm³/mol. The van der Waals surface area contributed by atoms with Crippen molar-refractivity contribution in [2.24, 2.45) is 0 Å². The normalized spacial score (nSPS) is 10.4. The summed E-state index contributed by atoms with van der Waals surface area (Å²) < 4.78 is 0. The molecule has 1 N–H and O–H groups in total. The fourth-order valence-corrected chi connectivity index (χ4v) is 1.63. The van der Waals surface area contributed by atoms with Crippen LogP contribution in [0.3, 0.4) is 0 Å². The molecule has 1 radical (unpaired) electrons. The second kappa shape index (κ2) is 4.07. The van der Waals surface area contributed by atoms with E-state index in [4.69, 9.17) is 23.2 Å². The quantitative estimate of drug-likeness (QED) is 0.808. The molecule has 1 aromatic carbocycles. The first kappa shape index (κ1) is 10.5. The van der Waals surface area contributed by atoms with Crippen LogP contribution >= 0.6 is 23.2 Å². The molecule has 4 heteroatoms. The van der Waals surface area contributed by atoms with E-state index < -0.39 is 0 Å². The summed E-state index contributed by atoms with van der Waals surface area (Å²) in [6, 6.07) is 1.26. The lowest BCUT2D eigenvalue weighted by molar-refractivity contribution is 0.344. The van der Waals surface area contributed by atoms with Crippen LogP contribution in [0.4, 0.5) is 0 Å². The van der Waals surface area contributed by atoms with Gasteiger partial charge in [-0.2, -0.15) is 0 Å². The smallest absolute Gasteiger partial charge is 0.204 e. The molecule has 2 nitrogen and oxygen atoms in total. The van der Waals surface area contributed by atoms with Gasteiger partial charge >= 0.3 is 0 Å². The molecule has 0 aliphatic heterocycles.